The molecule has 0 saturated heterocycles. The van der Waals surface area contributed by atoms with Crippen molar-refractivity contribution < 1.29 is 18.6 Å². The van der Waals surface area contributed by atoms with Gasteiger partial charge in [-0.1, -0.05) is 0 Å². The van der Waals surface area contributed by atoms with Crippen LogP contribution in [0.15, 0.2) is 23.4 Å². The molecule has 1 aromatic heterocycles. The summed E-state index contributed by atoms with van der Waals surface area (Å²) in [5, 5.41) is 21.5. The Balaban J connectivity index is 2.03. The van der Waals surface area contributed by atoms with Crippen LogP contribution in [-0.4, -0.2) is 49.1 Å². The lowest BCUT2D eigenvalue weighted by atomic mass is 9.66. The number of hydrogen-bond donors (Lipinski definition) is 3. The minimum Gasteiger partial charge on any atom is -0.396 e. The van der Waals surface area contributed by atoms with Crippen molar-refractivity contribution in [3.63, 3.8) is 0 Å². The summed E-state index contributed by atoms with van der Waals surface area (Å²) in [5.41, 5.74) is 0.233. The fourth-order valence-corrected chi connectivity index (χ4v) is 2.93. The second-order valence-electron chi connectivity index (χ2n) is 5.25. The van der Waals surface area contributed by atoms with E-state index in [4.69, 9.17) is 0 Å². The highest BCUT2D eigenvalue weighted by Gasteiger charge is 2.43. The number of nitrogens with one attached hydrogen (secondary N) is 1. The van der Waals surface area contributed by atoms with Gasteiger partial charge in [0, 0.05) is 23.9 Å². The normalized spacial score (nSPS) is 18.9. The highest BCUT2D eigenvalue weighted by molar-refractivity contribution is 7.90. The van der Waals surface area contributed by atoms with Crippen molar-refractivity contribution in [3.05, 3.63) is 18.5 Å². The third-order valence-corrected chi connectivity index (χ3v) is 4.62. The second kappa shape index (κ2) is 5.07. The molecule has 1 heterocycles. The van der Waals surface area contributed by atoms with Crippen LogP contribution < -0.4 is 5.32 Å². The maximum absolute atomic E-state index is 11.4. The Morgan fingerprint density at radius 1 is 1.37 bits per heavy atom. The summed E-state index contributed by atoms with van der Waals surface area (Å²) >= 11 is 0. The molecule has 19 heavy (non-hydrogen) atoms. The Kier molecular flexibility index (Phi) is 3.80. The maximum Gasteiger partial charge on any atom is 0.177 e. The Bertz CT molecular complexity index is 547. The Hall–Kier alpha value is -1.18. The van der Waals surface area contributed by atoms with E-state index in [9.17, 15) is 18.6 Å². The summed E-state index contributed by atoms with van der Waals surface area (Å²) in [4.78, 5) is 4.07. The van der Waals surface area contributed by atoms with Crippen molar-refractivity contribution in [3.8, 4) is 0 Å². The van der Waals surface area contributed by atoms with Crippen LogP contribution in [0.5, 0.6) is 0 Å². The first-order valence-corrected chi connectivity index (χ1v) is 7.91. The van der Waals surface area contributed by atoms with Gasteiger partial charge in [-0.3, -0.25) is 4.98 Å². The molecule has 1 aliphatic rings. The predicted octanol–water partition coefficient (Wildman–Crippen LogP) is 0.0304. The molecule has 1 aliphatic carbocycles. The van der Waals surface area contributed by atoms with Crippen molar-refractivity contribution in [2.75, 3.05) is 24.8 Å². The maximum atomic E-state index is 11.4. The minimum absolute atomic E-state index is 0.0384. The first-order chi connectivity index (χ1) is 8.88. The van der Waals surface area contributed by atoms with Crippen LogP contribution in [0.25, 0.3) is 0 Å². The average Bonchev–Trinajstić information content (AvgIpc) is 2.33. The monoisotopic (exact) mass is 286 g/mol. The molecular weight excluding hydrogens is 268 g/mol. The summed E-state index contributed by atoms with van der Waals surface area (Å²) in [7, 11) is -3.26. The lowest BCUT2D eigenvalue weighted by molar-refractivity contribution is -0.0172. The fraction of sp³-hybridized carbons (Fsp3) is 0.583. The third-order valence-electron chi connectivity index (χ3n) is 3.54. The molecule has 0 bridgehead atoms. The predicted molar refractivity (Wildman–Crippen MR) is 70.6 cm³/mol. The summed E-state index contributed by atoms with van der Waals surface area (Å²) in [6.07, 6.45) is 5.32. The fourth-order valence-electron chi connectivity index (χ4n) is 2.33. The first-order valence-electron chi connectivity index (χ1n) is 6.02. The van der Waals surface area contributed by atoms with Crippen molar-refractivity contribution in [1.82, 2.24) is 4.98 Å². The SMILES string of the molecule is CS(=O)(=O)c1cncc(NC2CC(CO)(CO)C2)c1. The van der Waals surface area contributed by atoms with E-state index in [-0.39, 0.29) is 24.2 Å². The Morgan fingerprint density at radius 3 is 2.53 bits per heavy atom. The van der Waals surface area contributed by atoms with Crippen molar-refractivity contribution in [2.24, 2.45) is 5.41 Å². The van der Waals surface area contributed by atoms with Gasteiger partial charge in [-0.2, -0.15) is 0 Å². The number of rotatable bonds is 5. The summed E-state index contributed by atoms with van der Waals surface area (Å²) in [6, 6.07) is 1.66. The standard InChI is InChI=1S/C12H18N2O4S/c1-19(17,18)11-2-9(5-13-6-11)14-10-3-12(4-10,7-15)8-16/h2,5-6,10,14-16H,3-4,7-8H2,1H3. The van der Waals surface area contributed by atoms with E-state index in [2.05, 4.69) is 10.3 Å². The van der Waals surface area contributed by atoms with Crippen molar-refractivity contribution in [1.29, 1.82) is 0 Å². The number of anilines is 1. The van der Waals surface area contributed by atoms with E-state index >= 15 is 0 Å². The quantitative estimate of drug-likeness (QED) is 0.706. The smallest absolute Gasteiger partial charge is 0.177 e. The second-order valence-corrected chi connectivity index (χ2v) is 7.26. The van der Waals surface area contributed by atoms with E-state index < -0.39 is 15.3 Å². The van der Waals surface area contributed by atoms with Gasteiger partial charge in [0.25, 0.3) is 0 Å². The zero-order chi connectivity index (χ0) is 14.1. The number of nitrogens with zero attached hydrogens (tertiary/aromatic N) is 1. The molecule has 7 heteroatoms. The highest BCUT2D eigenvalue weighted by Crippen LogP contribution is 2.41. The third kappa shape index (κ3) is 3.05. The molecule has 0 amide bonds. The number of aromatic nitrogens is 1. The molecule has 0 unspecified atom stereocenters. The molecule has 0 aliphatic heterocycles. The van der Waals surface area contributed by atoms with Crippen LogP contribution in [0, 0.1) is 5.41 Å². The number of hydrogen-bond acceptors (Lipinski definition) is 6. The molecule has 106 valence electrons. The van der Waals surface area contributed by atoms with Crippen LogP contribution in [-0.2, 0) is 9.84 Å². The Morgan fingerprint density at radius 2 is 2.00 bits per heavy atom. The van der Waals surface area contributed by atoms with Crippen LogP contribution in [0.1, 0.15) is 12.8 Å². The number of sulfone groups is 1. The van der Waals surface area contributed by atoms with E-state index in [1.165, 1.54) is 6.20 Å². The van der Waals surface area contributed by atoms with E-state index in [1.54, 1.807) is 12.3 Å². The summed E-state index contributed by atoms with van der Waals surface area (Å²) in [5.74, 6) is 0. The van der Waals surface area contributed by atoms with Crippen molar-refractivity contribution >= 4 is 15.5 Å². The van der Waals surface area contributed by atoms with Gasteiger partial charge in [-0.15, -0.1) is 0 Å². The van der Waals surface area contributed by atoms with Gasteiger partial charge in [0.1, 0.15) is 0 Å². The molecule has 3 N–H and O–H groups in total. The minimum atomic E-state index is -3.26. The van der Waals surface area contributed by atoms with Gasteiger partial charge < -0.3 is 15.5 Å². The van der Waals surface area contributed by atoms with E-state index in [1.807, 2.05) is 0 Å². The molecule has 2 rings (SSSR count). The van der Waals surface area contributed by atoms with Crippen LogP contribution >= 0.6 is 0 Å². The zero-order valence-corrected chi connectivity index (χ0v) is 11.5. The molecule has 0 radical (unpaired) electrons. The molecule has 1 fully saturated rings. The molecule has 6 nitrogen and oxygen atoms in total. The largest absolute Gasteiger partial charge is 0.396 e. The van der Waals surface area contributed by atoms with Crippen LogP contribution in [0.3, 0.4) is 0 Å². The van der Waals surface area contributed by atoms with Gasteiger partial charge in [0.2, 0.25) is 0 Å². The highest BCUT2D eigenvalue weighted by atomic mass is 32.2. The number of pyridine rings is 1. The Labute approximate surface area is 112 Å². The lowest BCUT2D eigenvalue weighted by Crippen LogP contribution is -2.49. The lowest BCUT2D eigenvalue weighted by Gasteiger charge is -2.46. The van der Waals surface area contributed by atoms with Gasteiger partial charge >= 0.3 is 0 Å². The average molecular weight is 286 g/mol. The van der Waals surface area contributed by atoms with Crippen molar-refractivity contribution in [2.45, 2.75) is 23.8 Å². The van der Waals surface area contributed by atoms with Gasteiger partial charge in [-0.25, -0.2) is 8.42 Å². The van der Waals surface area contributed by atoms with Crippen LogP contribution in [0.4, 0.5) is 5.69 Å². The van der Waals surface area contributed by atoms with E-state index in [0.717, 1.165) is 6.26 Å². The molecular formula is C12H18N2O4S. The number of aliphatic hydroxyl groups is 2. The molecule has 0 aromatic carbocycles. The summed E-state index contributed by atoms with van der Waals surface area (Å²) in [6.45, 7) is -0.0768. The van der Waals surface area contributed by atoms with E-state index in [0.29, 0.717) is 18.5 Å². The topological polar surface area (TPSA) is 99.5 Å². The summed E-state index contributed by atoms with van der Waals surface area (Å²) < 4.78 is 22.8. The molecule has 0 spiro atoms. The molecule has 1 aromatic rings. The van der Waals surface area contributed by atoms with Gasteiger partial charge in [0.15, 0.2) is 9.84 Å². The molecule has 0 atom stereocenters. The number of aliphatic hydroxyl groups excluding tert-OH is 2. The van der Waals surface area contributed by atoms with Gasteiger partial charge in [-0.05, 0) is 18.9 Å². The first kappa shape index (κ1) is 14.2. The molecule has 1 saturated carbocycles. The van der Waals surface area contributed by atoms with Crippen LogP contribution in [0.2, 0.25) is 0 Å². The zero-order valence-electron chi connectivity index (χ0n) is 10.7. The van der Waals surface area contributed by atoms with Gasteiger partial charge in [0.05, 0.1) is 30.0 Å².